The van der Waals surface area contributed by atoms with Crippen molar-refractivity contribution in [3.63, 3.8) is 0 Å². The molecule has 3 aromatic rings. The highest BCUT2D eigenvalue weighted by molar-refractivity contribution is 7.20. The smallest absolute Gasteiger partial charge is 0.348 e. The molecule has 0 saturated carbocycles. The van der Waals surface area contributed by atoms with Crippen molar-refractivity contribution in [1.29, 1.82) is 0 Å². The van der Waals surface area contributed by atoms with Gasteiger partial charge in [-0.05, 0) is 44.5 Å². The molecule has 28 heavy (non-hydrogen) atoms. The van der Waals surface area contributed by atoms with Crippen LogP contribution in [0.15, 0.2) is 30.3 Å². The summed E-state index contributed by atoms with van der Waals surface area (Å²) in [5, 5.41) is 0.380. The van der Waals surface area contributed by atoms with E-state index in [1.165, 1.54) is 12.1 Å². The molecular weight excluding hydrogens is 381 g/mol. The average Bonchev–Trinajstić information content (AvgIpc) is 3.23. The number of ether oxygens (including phenoxy) is 2. The van der Waals surface area contributed by atoms with E-state index in [2.05, 4.69) is 4.57 Å². The predicted octanol–water partition coefficient (Wildman–Crippen LogP) is 4.53. The molecule has 0 spiro atoms. The first-order chi connectivity index (χ1) is 13.4. The Labute approximate surface area is 166 Å². The second-order valence-corrected chi connectivity index (χ2v) is 7.63. The van der Waals surface area contributed by atoms with Crippen LogP contribution in [-0.4, -0.2) is 36.6 Å². The number of methoxy groups -OCH3 is 1. The molecule has 0 radical (unpaired) electrons. The molecule has 0 N–H and O–H groups in total. The average molecular weight is 403 g/mol. The van der Waals surface area contributed by atoms with Gasteiger partial charge in [0.2, 0.25) is 5.78 Å². The number of nitrogens with zero attached hydrogens (tertiary/aromatic N) is 1. The van der Waals surface area contributed by atoms with Crippen LogP contribution >= 0.6 is 11.3 Å². The van der Waals surface area contributed by atoms with Crippen LogP contribution in [0.4, 0.5) is 4.39 Å². The monoisotopic (exact) mass is 403 g/mol. The van der Waals surface area contributed by atoms with Gasteiger partial charge in [-0.3, -0.25) is 4.79 Å². The molecule has 0 unspecified atom stereocenters. The lowest BCUT2D eigenvalue weighted by Gasteiger charge is -2.09. The number of esters is 1. The van der Waals surface area contributed by atoms with Gasteiger partial charge in [0.05, 0.1) is 0 Å². The third kappa shape index (κ3) is 4.15. The fourth-order valence-corrected chi connectivity index (χ4v) is 4.17. The number of hydrogen-bond donors (Lipinski definition) is 0. The number of aromatic nitrogens is 1. The second kappa shape index (κ2) is 8.67. The van der Waals surface area contributed by atoms with Crippen LogP contribution in [0.25, 0.3) is 10.1 Å². The maximum Gasteiger partial charge on any atom is 0.348 e. The fraction of sp³-hybridized carbons (Fsp3) is 0.333. The van der Waals surface area contributed by atoms with Crippen molar-refractivity contribution in [2.24, 2.45) is 0 Å². The first kappa shape index (κ1) is 20.2. The molecule has 0 aliphatic heterocycles. The van der Waals surface area contributed by atoms with Gasteiger partial charge < -0.3 is 14.0 Å². The lowest BCUT2D eigenvalue weighted by molar-refractivity contribution is 0.0479. The summed E-state index contributed by atoms with van der Waals surface area (Å²) in [5.74, 6) is -1.26. The maximum atomic E-state index is 13.8. The summed E-state index contributed by atoms with van der Waals surface area (Å²) in [6.45, 7) is 4.87. The molecule has 0 atom stereocenters. The van der Waals surface area contributed by atoms with Crippen molar-refractivity contribution >= 4 is 33.2 Å². The number of benzene rings is 1. The van der Waals surface area contributed by atoms with E-state index in [4.69, 9.17) is 9.47 Å². The summed E-state index contributed by atoms with van der Waals surface area (Å²) in [6.07, 6.45) is 0.845. The van der Waals surface area contributed by atoms with Gasteiger partial charge in [0.25, 0.3) is 0 Å². The van der Waals surface area contributed by atoms with E-state index in [1.54, 1.807) is 19.2 Å². The third-order valence-corrected chi connectivity index (χ3v) is 5.73. The van der Waals surface area contributed by atoms with Crippen molar-refractivity contribution in [3.8, 4) is 0 Å². The maximum absolute atomic E-state index is 13.8. The number of fused-ring (bicyclic) bond motifs is 1. The third-order valence-electron chi connectivity index (χ3n) is 4.65. The number of rotatable bonds is 8. The first-order valence-corrected chi connectivity index (χ1v) is 9.78. The fourth-order valence-electron chi connectivity index (χ4n) is 3.20. The topological polar surface area (TPSA) is 57.5 Å². The number of Topliss-reactive ketones (excluding diaryl/α,β-unsaturated/α-hetero) is 1. The highest BCUT2D eigenvalue weighted by Crippen LogP contribution is 2.28. The normalized spacial score (nSPS) is 11.1. The second-order valence-electron chi connectivity index (χ2n) is 6.54. The number of hydrogen-bond acceptors (Lipinski definition) is 5. The Bertz CT molecular complexity index is 1020. The highest BCUT2D eigenvalue weighted by Gasteiger charge is 2.19. The van der Waals surface area contributed by atoms with E-state index >= 15 is 0 Å². The van der Waals surface area contributed by atoms with Crippen LogP contribution in [0.3, 0.4) is 0 Å². The number of thiophene rings is 1. The largest absolute Gasteiger partial charge is 0.453 e. The Morgan fingerprint density at radius 2 is 2.00 bits per heavy atom. The number of halogens is 1. The summed E-state index contributed by atoms with van der Waals surface area (Å²) in [4.78, 5) is 25.1. The van der Waals surface area contributed by atoms with E-state index in [-0.39, 0.29) is 23.1 Å². The minimum atomic E-state index is -0.622. The van der Waals surface area contributed by atoms with Gasteiger partial charge in [0.1, 0.15) is 10.7 Å². The van der Waals surface area contributed by atoms with Crippen LogP contribution in [0.2, 0.25) is 0 Å². The predicted molar refractivity (Wildman–Crippen MR) is 107 cm³/mol. The zero-order valence-electron chi connectivity index (χ0n) is 16.1. The molecule has 7 heteroatoms. The molecule has 2 heterocycles. The molecule has 2 aromatic heterocycles. The summed E-state index contributed by atoms with van der Waals surface area (Å²) in [7, 11) is 1.66. The Kier molecular flexibility index (Phi) is 6.26. The molecule has 0 bridgehead atoms. The van der Waals surface area contributed by atoms with Gasteiger partial charge >= 0.3 is 5.97 Å². The molecule has 5 nitrogen and oxygen atoms in total. The van der Waals surface area contributed by atoms with Crippen molar-refractivity contribution in [2.45, 2.75) is 26.8 Å². The van der Waals surface area contributed by atoms with Gasteiger partial charge in [-0.25, -0.2) is 9.18 Å². The number of carbonyl (C=O) groups excluding carboxylic acids is 2. The van der Waals surface area contributed by atoms with Gasteiger partial charge in [-0.15, -0.1) is 11.3 Å². The quantitative estimate of drug-likeness (QED) is 0.315. The van der Waals surface area contributed by atoms with Gasteiger partial charge in [-0.2, -0.15) is 0 Å². The molecule has 0 fully saturated rings. The minimum Gasteiger partial charge on any atom is -0.453 e. The van der Waals surface area contributed by atoms with E-state index in [0.29, 0.717) is 22.3 Å². The van der Waals surface area contributed by atoms with Crippen LogP contribution in [-0.2, 0) is 16.0 Å². The first-order valence-electron chi connectivity index (χ1n) is 8.96. The summed E-state index contributed by atoms with van der Waals surface area (Å²) < 4.78 is 26.8. The Hall–Kier alpha value is -2.51. The zero-order valence-corrected chi connectivity index (χ0v) is 16.9. The summed E-state index contributed by atoms with van der Waals surface area (Å²) >= 11 is 1.15. The molecule has 0 aliphatic carbocycles. The SMILES string of the molecule is COCCCn1c(C)cc(C(=O)COC(=O)c2cc3c(F)cccc3s2)c1C. The van der Waals surface area contributed by atoms with E-state index in [1.807, 2.05) is 19.9 Å². The standard InChI is InChI=1S/C21H22FNO4S/c1-13-10-15(14(2)23(13)8-5-9-26-3)18(24)12-27-21(25)20-11-16-17(22)6-4-7-19(16)28-20/h4,6-7,10-11H,5,8-9,12H2,1-3H3. The van der Waals surface area contributed by atoms with Crippen LogP contribution in [0.1, 0.15) is 37.8 Å². The molecular formula is C21H22FNO4S. The lowest BCUT2D eigenvalue weighted by atomic mass is 10.1. The number of ketones is 1. The number of carbonyl (C=O) groups is 2. The van der Waals surface area contributed by atoms with Crippen molar-refractivity contribution in [1.82, 2.24) is 4.57 Å². The number of aryl methyl sites for hydroxylation is 1. The van der Waals surface area contributed by atoms with Crippen LogP contribution in [0.5, 0.6) is 0 Å². The van der Waals surface area contributed by atoms with Crippen molar-refractivity contribution in [2.75, 3.05) is 20.3 Å². The zero-order chi connectivity index (χ0) is 20.3. The van der Waals surface area contributed by atoms with E-state index in [0.717, 1.165) is 35.7 Å². The Morgan fingerprint density at radius 3 is 2.71 bits per heavy atom. The summed E-state index contributed by atoms with van der Waals surface area (Å²) in [5.41, 5.74) is 2.37. The molecule has 148 valence electrons. The van der Waals surface area contributed by atoms with E-state index in [9.17, 15) is 14.0 Å². The van der Waals surface area contributed by atoms with Gasteiger partial charge in [0.15, 0.2) is 6.61 Å². The molecule has 3 rings (SSSR count). The molecule has 1 aromatic carbocycles. The van der Waals surface area contributed by atoms with Gasteiger partial charge in [0, 0.05) is 47.3 Å². The lowest BCUT2D eigenvalue weighted by Crippen LogP contribution is -2.14. The molecule has 0 amide bonds. The molecule has 0 saturated heterocycles. The minimum absolute atomic E-state index is 0.258. The van der Waals surface area contributed by atoms with Crippen LogP contribution in [0, 0.1) is 19.7 Å². The Morgan fingerprint density at radius 1 is 1.21 bits per heavy atom. The summed E-state index contributed by atoms with van der Waals surface area (Å²) in [6, 6.07) is 7.95. The Balaban J connectivity index is 1.67. The van der Waals surface area contributed by atoms with E-state index < -0.39 is 5.97 Å². The molecule has 0 aliphatic rings. The van der Waals surface area contributed by atoms with Gasteiger partial charge in [-0.1, -0.05) is 6.07 Å². The van der Waals surface area contributed by atoms with Crippen LogP contribution < -0.4 is 0 Å². The van der Waals surface area contributed by atoms with Crippen molar-refractivity contribution in [3.05, 3.63) is 58.0 Å². The van der Waals surface area contributed by atoms with Crippen molar-refractivity contribution < 1.29 is 23.5 Å². The highest BCUT2D eigenvalue weighted by atomic mass is 32.1.